The predicted molar refractivity (Wildman–Crippen MR) is 97.2 cm³/mol. The zero-order valence-electron chi connectivity index (χ0n) is 15.2. The monoisotopic (exact) mass is 317 g/mol. The van der Waals surface area contributed by atoms with E-state index in [0.29, 0.717) is 18.6 Å². The minimum Gasteiger partial charge on any atom is -0.336 e. The van der Waals surface area contributed by atoms with Crippen LogP contribution in [0.3, 0.4) is 0 Å². The molecular formula is C19H31N3O. The maximum absolute atomic E-state index is 12.2. The van der Waals surface area contributed by atoms with Gasteiger partial charge in [0.25, 0.3) is 0 Å². The van der Waals surface area contributed by atoms with Crippen LogP contribution < -0.4 is 10.6 Å². The summed E-state index contributed by atoms with van der Waals surface area (Å²) in [4.78, 5) is 14.7. The number of hydrogen-bond acceptors (Lipinski definition) is 2. The Labute approximate surface area is 140 Å². The van der Waals surface area contributed by atoms with Gasteiger partial charge in [-0.1, -0.05) is 24.1 Å². The van der Waals surface area contributed by atoms with Gasteiger partial charge in [-0.3, -0.25) is 4.90 Å². The molecule has 128 valence electrons. The van der Waals surface area contributed by atoms with Crippen molar-refractivity contribution in [1.29, 1.82) is 0 Å². The maximum atomic E-state index is 12.2. The second kappa shape index (κ2) is 7.82. The summed E-state index contributed by atoms with van der Waals surface area (Å²) in [6.45, 7) is 12.5. The predicted octanol–water partition coefficient (Wildman–Crippen LogP) is 4.00. The maximum Gasteiger partial charge on any atom is 0.319 e. The summed E-state index contributed by atoms with van der Waals surface area (Å²) in [7, 11) is 0. The van der Waals surface area contributed by atoms with Crippen LogP contribution in [-0.4, -0.2) is 36.1 Å². The number of carbonyl (C=O) groups is 1. The Balaban J connectivity index is 1.88. The van der Waals surface area contributed by atoms with Crippen LogP contribution in [0.15, 0.2) is 12.1 Å². The molecule has 23 heavy (non-hydrogen) atoms. The van der Waals surface area contributed by atoms with Gasteiger partial charge in [0.15, 0.2) is 0 Å². The van der Waals surface area contributed by atoms with E-state index in [9.17, 15) is 4.79 Å². The van der Waals surface area contributed by atoms with Gasteiger partial charge in [0, 0.05) is 24.3 Å². The molecule has 4 heteroatoms. The molecule has 1 aromatic rings. The Morgan fingerprint density at radius 3 is 2.52 bits per heavy atom. The zero-order valence-corrected chi connectivity index (χ0v) is 15.2. The quantitative estimate of drug-likeness (QED) is 0.881. The van der Waals surface area contributed by atoms with Crippen molar-refractivity contribution in [3.05, 3.63) is 28.8 Å². The number of anilines is 1. The Morgan fingerprint density at radius 2 is 1.91 bits per heavy atom. The van der Waals surface area contributed by atoms with Gasteiger partial charge in [-0.15, -0.1) is 0 Å². The van der Waals surface area contributed by atoms with Gasteiger partial charge >= 0.3 is 6.03 Å². The fourth-order valence-corrected chi connectivity index (χ4v) is 3.67. The molecule has 1 heterocycles. The van der Waals surface area contributed by atoms with Gasteiger partial charge in [0.2, 0.25) is 0 Å². The Morgan fingerprint density at radius 1 is 1.26 bits per heavy atom. The van der Waals surface area contributed by atoms with Crippen LogP contribution in [0.1, 0.15) is 49.8 Å². The van der Waals surface area contributed by atoms with Crippen molar-refractivity contribution in [1.82, 2.24) is 10.2 Å². The topological polar surface area (TPSA) is 44.4 Å². The van der Waals surface area contributed by atoms with Crippen LogP contribution in [0, 0.1) is 20.8 Å². The molecule has 1 aliphatic rings. The molecule has 0 saturated carbocycles. The molecule has 2 N–H and O–H groups in total. The molecule has 4 nitrogen and oxygen atoms in total. The van der Waals surface area contributed by atoms with Crippen molar-refractivity contribution >= 4 is 11.7 Å². The number of carbonyl (C=O) groups excluding carboxylic acids is 1. The lowest BCUT2D eigenvalue weighted by Crippen LogP contribution is -2.49. The van der Waals surface area contributed by atoms with E-state index in [1.165, 1.54) is 24.8 Å². The van der Waals surface area contributed by atoms with E-state index in [1.807, 2.05) is 13.8 Å². The lowest BCUT2D eigenvalue weighted by atomic mass is 10.0. The minimum absolute atomic E-state index is 0.114. The van der Waals surface area contributed by atoms with Crippen molar-refractivity contribution in [3.8, 4) is 0 Å². The number of piperidine rings is 1. The summed E-state index contributed by atoms with van der Waals surface area (Å²) in [6, 6.07) is 5.07. The largest absolute Gasteiger partial charge is 0.336 e. The van der Waals surface area contributed by atoms with Gasteiger partial charge in [-0.05, 0) is 65.1 Å². The highest BCUT2D eigenvalue weighted by Gasteiger charge is 2.23. The highest BCUT2D eigenvalue weighted by molar-refractivity contribution is 5.91. The molecule has 0 unspecified atom stereocenters. The second-order valence-corrected chi connectivity index (χ2v) is 7.04. The van der Waals surface area contributed by atoms with E-state index in [1.54, 1.807) is 0 Å². The fourth-order valence-electron chi connectivity index (χ4n) is 3.67. The molecule has 1 aliphatic heterocycles. The van der Waals surface area contributed by atoms with Crippen LogP contribution >= 0.6 is 0 Å². The molecule has 0 aromatic heterocycles. The molecule has 2 amide bonds. The smallest absolute Gasteiger partial charge is 0.319 e. The van der Waals surface area contributed by atoms with E-state index < -0.39 is 0 Å². The van der Waals surface area contributed by atoms with Crippen molar-refractivity contribution in [2.45, 2.75) is 66.0 Å². The van der Waals surface area contributed by atoms with Crippen LogP contribution in [-0.2, 0) is 0 Å². The highest BCUT2D eigenvalue weighted by Crippen LogP contribution is 2.22. The number of hydrogen-bond donors (Lipinski definition) is 2. The first-order valence-electron chi connectivity index (χ1n) is 8.77. The van der Waals surface area contributed by atoms with E-state index in [2.05, 4.69) is 48.4 Å². The standard InChI is InChI=1S/C19H31N3O/c1-13-10-14(2)18(15(3)11-13)21-19(23)20-12-17(5)22-9-7-6-8-16(22)4/h10-11,16-17H,6-9,12H2,1-5H3,(H2,20,21,23)/t16-,17+/m0/s1. The van der Waals surface area contributed by atoms with E-state index in [4.69, 9.17) is 0 Å². The molecule has 0 aliphatic carbocycles. The number of rotatable bonds is 4. The summed E-state index contributed by atoms with van der Waals surface area (Å²) < 4.78 is 0. The molecule has 0 radical (unpaired) electrons. The van der Waals surface area contributed by atoms with E-state index >= 15 is 0 Å². The molecule has 2 atom stereocenters. The summed E-state index contributed by atoms with van der Waals surface area (Å²) in [5.41, 5.74) is 4.36. The first-order chi connectivity index (χ1) is 10.9. The number of amides is 2. The van der Waals surface area contributed by atoms with E-state index in [-0.39, 0.29) is 6.03 Å². The number of nitrogens with zero attached hydrogens (tertiary/aromatic N) is 1. The number of nitrogens with one attached hydrogen (secondary N) is 2. The molecule has 1 fully saturated rings. The third kappa shape index (κ3) is 4.71. The van der Waals surface area contributed by atoms with Crippen molar-refractivity contribution in [2.24, 2.45) is 0 Å². The van der Waals surface area contributed by atoms with Crippen molar-refractivity contribution in [3.63, 3.8) is 0 Å². The van der Waals surface area contributed by atoms with Gasteiger partial charge in [-0.25, -0.2) is 4.79 Å². The number of likely N-dealkylation sites (tertiary alicyclic amines) is 1. The Bertz CT molecular complexity index is 533. The summed E-state index contributed by atoms with van der Waals surface area (Å²) in [5, 5.41) is 6.03. The van der Waals surface area contributed by atoms with Gasteiger partial charge < -0.3 is 10.6 Å². The average Bonchev–Trinajstić information content (AvgIpc) is 2.49. The average molecular weight is 317 g/mol. The van der Waals surface area contributed by atoms with Gasteiger partial charge in [-0.2, -0.15) is 0 Å². The molecule has 0 spiro atoms. The zero-order chi connectivity index (χ0) is 17.0. The Hall–Kier alpha value is -1.55. The van der Waals surface area contributed by atoms with Crippen LogP contribution in [0.25, 0.3) is 0 Å². The van der Waals surface area contributed by atoms with Gasteiger partial charge in [0.05, 0.1) is 0 Å². The third-order valence-corrected chi connectivity index (χ3v) is 4.89. The molecule has 1 saturated heterocycles. The first kappa shape index (κ1) is 17.8. The first-order valence-corrected chi connectivity index (χ1v) is 8.77. The number of aryl methyl sites for hydroxylation is 3. The Kier molecular flexibility index (Phi) is 6.05. The lowest BCUT2D eigenvalue weighted by Gasteiger charge is -2.38. The summed E-state index contributed by atoms with van der Waals surface area (Å²) in [5.74, 6) is 0. The van der Waals surface area contributed by atoms with Crippen molar-refractivity contribution in [2.75, 3.05) is 18.4 Å². The molecule has 2 rings (SSSR count). The molecule has 1 aromatic carbocycles. The highest BCUT2D eigenvalue weighted by atomic mass is 16.2. The van der Waals surface area contributed by atoms with Crippen LogP contribution in [0.5, 0.6) is 0 Å². The SMILES string of the molecule is Cc1cc(C)c(NC(=O)NC[C@@H](C)N2CCCC[C@@H]2C)c(C)c1. The normalized spacial score (nSPS) is 20.1. The third-order valence-electron chi connectivity index (χ3n) is 4.89. The number of urea groups is 1. The molecule has 0 bridgehead atoms. The van der Waals surface area contributed by atoms with E-state index in [0.717, 1.165) is 23.4 Å². The van der Waals surface area contributed by atoms with Crippen LogP contribution in [0.4, 0.5) is 10.5 Å². The molecular weight excluding hydrogens is 286 g/mol. The second-order valence-electron chi connectivity index (χ2n) is 7.04. The lowest BCUT2D eigenvalue weighted by molar-refractivity contribution is 0.114. The number of benzene rings is 1. The minimum atomic E-state index is -0.114. The fraction of sp³-hybridized carbons (Fsp3) is 0.632. The van der Waals surface area contributed by atoms with Crippen molar-refractivity contribution < 1.29 is 4.79 Å². The summed E-state index contributed by atoms with van der Waals surface area (Å²) >= 11 is 0. The van der Waals surface area contributed by atoms with Gasteiger partial charge in [0.1, 0.15) is 0 Å². The summed E-state index contributed by atoms with van der Waals surface area (Å²) in [6.07, 6.45) is 3.85. The van der Waals surface area contributed by atoms with Crippen LogP contribution in [0.2, 0.25) is 0 Å².